The summed E-state index contributed by atoms with van der Waals surface area (Å²) in [5, 5.41) is 19.1. The molecule has 1 atom stereocenters. The predicted octanol–water partition coefficient (Wildman–Crippen LogP) is 1.02. The Bertz CT molecular complexity index is 442. The van der Waals surface area contributed by atoms with E-state index < -0.39 is 11.5 Å². The van der Waals surface area contributed by atoms with Crippen LogP contribution in [-0.2, 0) is 15.1 Å². The molecule has 2 rings (SSSR count). The van der Waals surface area contributed by atoms with Gasteiger partial charge in [-0.3, -0.25) is 4.90 Å². The Morgan fingerprint density at radius 2 is 2.06 bits per heavy atom. The third-order valence-corrected chi connectivity index (χ3v) is 3.47. The lowest BCUT2D eigenvalue weighted by Gasteiger charge is -2.40. The molecular weight excluding hydrogens is 234 g/mol. The second-order valence-corrected chi connectivity index (χ2v) is 4.53. The van der Waals surface area contributed by atoms with Crippen molar-refractivity contribution in [2.45, 2.75) is 12.5 Å². The number of phenolic OH excluding ortho intramolecular Hbond substituents is 1. The average molecular weight is 251 g/mol. The number of ether oxygens (including phenoxy) is 1. The normalized spacial score (nSPS) is 20.3. The lowest BCUT2D eigenvalue weighted by molar-refractivity contribution is -0.154. The van der Waals surface area contributed by atoms with E-state index in [0.29, 0.717) is 31.9 Å². The van der Waals surface area contributed by atoms with Crippen LogP contribution in [0.3, 0.4) is 0 Å². The second kappa shape index (κ2) is 4.96. The van der Waals surface area contributed by atoms with Gasteiger partial charge in [-0.15, -0.1) is 0 Å². The van der Waals surface area contributed by atoms with E-state index in [1.165, 1.54) is 12.1 Å². The number of nitrogens with zero attached hydrogens (tertiary/aromatic N) is 1. The van der Waals surface area contributed by atoms with E-state index in [2.05, 4.69) is 0 Å². The van der Waals surface area contributed by atoms with Crippen LogP contribution in [0.4, 0.5) is 0 Å². The monoisotopic (exact) mass is 251 g/mol. The van der Waals surface area contributed by atoms with Gasteiger partial charge >= 0.3 is 5.97 Å². The summed E-state index contributed by atoms with van der Waals surface area (Å²) < 4.78 is 5.25. The quantitative estimate of drug-likeness (QED) is 0.839. The Labute approximate surface area is 106 Å². The lowest BCUT2D eigenvalue weighted by atomic mass is 9.89. The Hall–Kier alpha value is -1.59. The fraction of sp³-hybridized carbons (Fsp3) is 0.462. The number of hydrogen-bond donors (Lipinski definition) is 2. The molecule has 1 aromatic rings. The van der Waals surface area contributed by atoms with Gasteiger partial charge in [0.25, 0.3) is 0 Å². The maximum Gasteiger partial charge on any atom is 0.328 e. The van der Waals surface area contributed by atoms with E-state index in [4.69, 9.17) is 4.74 Å². The van der Waals surface area contributed by atoms with Crippen LogP contribution in [0, 0.1) is 0 Å². The van der Waals surface area contributed by atoms with Crippen molar-refractivity contribution in [1.82, 2.24) is 4.90 Å². The molecule has 1 saturated heterocycles. The number of hydrogen-bond acceptors (Lipinski definition) is 4. The first kappa shape index (κ1) is 12.9. The molecule has 1 aliphatic rings. The number of carboxylic acid groups (broad SMARTS) is 1. The van der Waals surface area contributed by atoms with Crippen molar-refractivity contribution in [3.8, 4) is 5.75 Å². The van der Waals surface area contributed by atoms with E-state index in [1.807, 2.05) is 4.90 Å². The molecule has 1 fully saturated rings. The molecule has 0 radical (unpaired) electrons. The van der Waals surface area contributed by atoms with Crippen molar-refractivity contribution >= 4 is 5.97 Å². The summed E-state index contributed by atoms with van der Waals surface area (Å²) in [5.74, 6) is -0.844. The molecule has 5 heteroatoms. The molecule has 0 aliphatic carbocycles. The molecule has 18 heavy (non-hydrogen) atoms. The van der Waals surface area contributed by atoms with E-state index in [-0.39, 0.29) is 5.75 Å². The SMILES string of the molecule is CC(C(=O)O)(c1cccc(O)c1)N1CCOCC1. The minimum absolute atomic E-state index is 0.0771. The number of aromatic hydroxyl groups is 1. The molecular formula is C13H17NO4. The van der Waals surface area contributed by atoms with Gasteiger partial charge in [0.15, 0.2) is 0 Å². The lowest BCUT2D eigenvalue weighted by Crippen LogP contribution is -2.54. The minimum atomic E-state index is -1.14. The third kappa shape index (κ3) is 2.19. The van der Waals surface area contributed by atoms with Crippen LogP contribution in [0.25, 0.3) is 0 Å². The van der Waals surface area contributed by atoms with Gasteiger partial charge in [-0.2, -0.15) is 0 Å². The van der Waals surface area contributed by atoms with Crippen molar-refractivity contribution in [3.05, 3.63) is 29.8 Å². The van der Waals surface area contributed by atoms with Crippen LogP contribution in [0.15, 0.2) is 24.3 Å². The van der Waals surface area contributed by atoms with Crippen molar-refractivity contribution in [2.75, 3.05) is 26.3 Å². The largest absolute Gasteiger partial charge is 0.508 e. The highest BCUT2D eigenvalue weighted by Crippen LogP contribution is 2.31. The molecule has 1 aromatic carbocycles. The summed E-state index contributed by atoms with van der Waals surface area (Å²) >= 11 is 0. The van der Waals surface area contributed by atoms with Gasteiger partial charge in [0.05, 0.1) is 13.2 Å². The molecule has 1 unspecified atom stereocenters. The third-order valence-electron chi connectivity index (χ3n) is 3.47. The number of aliphatic carboxylic acids is 1. The number of morpholine rings is 1. The summed E-state index contributed by atoms with van der Waals surface area (Å²) in [6, 6.07) is 6.42. The number of phenols is 1. The van der Waals surface area contributed by atoms with E-state index >= 15 is 0 Å². The van der Waals surface area contributed by atoms with Gasteiger partial charge in [-0.1, -0.05) is 12.1 Å². The zero-order valence-corrected chi connectivity index (χ0v) is 10.3. The molecule has 0 bridgehead atoms. The topological polar surface area (TPSA) is 70.0 Å². The van der Waals surface area contributed by atoms with Gasteiger partial charge in [-0.25, -0.2) is 4.79 Å². The Morgan fingerprint density at radius 3 is 2.61 bits per heavy atom. The van der Waals surface area contributed by atoms with Crippen LogP contribution >= 0.6 is 0 Å². The van der Waals surface area contributed by atoms with Crippen LogP contribution in [-0.4, -0.2) is 47.4 Å². The molecule has 98 valence electrons. The fourth-order valence-electron chi connectivity index (χ4n) is 2.26. The maximum absolute atomic E-state index is 11.7. The molecule has 0 spiro atoms. The smallest absolute Gasteiger partial charge is 0.328 e. The highest BCUT2D eigenvalue weighted by Gasteiger charge is 2.42. The molecule has 1 aliphatic heterocycles. The van der Waals surface area contributed by atoms with Crippen LogP contribution in [0.5, 0.6) is 5.75 Å². The number of carbonyl (C=O) groups is 1. The van der Waals surface area contributed by atoms with Gasteiger partial charge < -0.3 is 14.9 Å². The molecule has 0 saturated carbocycles. The zero-order chi connectivity index (χ0) is 13.2. The van der Waals surface area contributed by atoms with Gasteiger partial charge in [-0.05, 0) is 24.6 Å². The number of benzene rings is 1. The Balaban J connectivity index is 2.39. The molecule has 1 heterocycles. The summed E-state index contributed by atoms with van der Waals surface area (Å²) in [7, 11) is 0. The highest BCUT2D eigenvalue weighted by atomic mass is 16.5. The average Bonchev–Trinajstić information content (AvgIpc) is 2.38. The summed E-state index contributed by atoms with van der Waals surface area (Å²) in [4.78, 5) is 13.5. The molecule has 0 aromatic heterocycles. The minimum Gasteiger partial charge on any atom is -0.508 e. The van der Waals surface area contributed by atoms with Crippen LogP contribution < -0.4 is 0 Å². The molecule has 2 N–H and O–H groups in total. The number of carboxylic acids is 1. The van der Waals surface area contributed by atoms with E-state index in [0.717, 1.165) is 0 Å². The fourth-order valence-corrected chi connectivity index (χ4v) is 2.26. The van der Waals surface area contributed by atoms with Crippen LogP contribution in [0.1, 0.15) is 12.5 Å². The van der Waals surface area contributed by atoms with Crippen molar-refractivity contribution < 1.29 is 19.7 Å². The highest BCUT2D eigenvalue weighted by molar-refractivity contribution is 5.80. The first-order chi connectivity index (χ1) is 8.55. The predicted molar refractivity (Wildman–Crippen MR) is 65.5 cm³/mol. The maximum atomic E-state index is 11.7. The van der Waals surface area contributed by atoms with Crippen molar-refractivity contribution in [1.29, 1.82) is 0 Å². The molecule has 0 amide bonds. The Morgan fingerprint density at radius 1 is 1.39 bits per heavy atom. The summed E-state index contributed by atoms with van der Waals surface area (Å²) in [6.45, 7) is 3.86. The standard InChI is InChI=1S/C13H17NO4/c1-13(12(16)17,14-5-7-18-8-6-14)10-3-2-4-11(15)9-10/h2-4,9,15H,5-8H2,1H3,(H,16,17). The first-order valence-corrected chi connectivity index (χ1v) is 5.91. The summed E-state index contributed by atoms with van der Waals surface area (Å²) in [5.41, 5.74) is -0.556. The van der Waals surface area contributed by atoms with E-state index in [9.17, 15) is 15.0 Å². The summed E-state index contributed by atoms with van der Waals surface area (Å²) in [6.07, 6.45) is 0. The zero-order valence-electron chi connectivity index (χ0n) is 10.3. The van der Waals surface area contributed by atoms with Crippen molar-refractivity contribution in [3.63, 3.8) is 0 Å². The van der Waals surface area contributed by atoms with Gasteiger partial charge in [0.2, 0.25) is 0 Å². The second-order valence-electron chi connectivity index (χ2n) is 4.53. The Kier molecular flexibility index (Phi) is 3.54. The number of rotatable bonds is 3. The van der Waals surface area contributed by atoms with Crippen LogP contribution in [0.2, 0.25) is 0 Å². The van der Waals surface area contributed by atoms with Crippen molar-refractivity contribution in [2.24, 2.45) is 0 Å². The van der Waals surface area contributed by atoms with Gasteiger partial charge in [0.1, 0.15) is 11.3 Å². The molecule has 5 nitrogen and oxygen atoms in total. The first-order valence-electron chi connectivity index (χ1n) is 5.91. The van der Waals surface area contributed by atoms with E-state index in [1.54, 1.807) is 19.1 Å². The van der Waals surface area contributed by atoms with Gasteiger partial charge in [0, 0.05) is 13.1 Å².